The van der Waals surface area contributed by atoms with Gasteiger partial charge in [0.15, 0.2) is 15.8 Å². The van der Waals surface area contributed by atoms with Crippen LogP contribution in [0.5, 0.6) is 0 Å². The Morgan fingerprint density at radius 1 is 1.18 bits per heavy atom. The number of nitrogens with one attached hydrogen (secondary N) is 2. The molecule has 1 fully saturated rings. The normalized spacial score (nSPS) is 15.8. The van der Waals surface area contributed by atoms with E-state index in [4.69, 9.17) is 0 Å². The van der Waals surface area contributed by atoms with Gasteiger partial charge in [0.1, 0.15) is 5.82 Å². The van der Waals surface area contributed by atoms with E-state index in [1.54, 1.807) is 0 Å². The van der Waals surface area contributed by atoms with Gasteiger partial charge in [-0.15, -0.1) is 24.0 Å². The van der Waals surface area contributed by atoms with E-state index in [1.165, 1.54) is 56.6 Å². The van der Waals surface area contributed by atoms with E-state index >= 15 is 0 Å². The van der Waals surface area contributed by atoms with Crippen molar-refractivity contribution in [2.45, 2.75) is 57.7 Å². The van der Waals surface area contributed by atoms with Crippen LogP contribution < -0.4 is 10.6 Å². The van der Waals surface area contributed by atoms with Crippen molar-refractivity contribution in [3.8, 4) is 0 Å². The van der Waals surface area contributed by atoms with Gasteiger partial charge >= 0.3 is 0 Å². The minimum atomic E-state index is -3.19. The topological polar surface area (TPSA) is 70.6 Å². The summed E-state index contributed by atoms with van der Waals surface area (Å²) in [6.07, 6.45) is 8.96. The molecule has 2 rings (SSSR count). The Balaban J connectivity index is 0.00000392. The summed E-state index contributed by atoms with van der Waals surface area (Å²) in [5.41, 5.74) is 1.20. The summed E-state index contributed by atoms with van der Waals surface area (Å²) >= 11 is 0. The van der Waals surface area contributed by atoms with Crippen LogP contribution in [0.4, 0.5) is 4.39 Å². The number of sulfone groups is 1. The second-order valence-corrected chi connectivity index (χ2v) is 9.54. The maximum absolute atomic E-state index is 13.6. The highest BCUT2D eigenvalue weighted by atomic mass is 127. The number of aliphatic imine (C=N–C) groups is 1. The Hall–Kier alpha value is -0.900. The molecule has 0 heterocycles. The zero-order valence-electron chi connectivity index (χ0n) is 16.8. The van der Waals surface area contributed by atoms with Crippen LogP contribution in [0.15, 0.2) is 23.2 Å². The zero-order valence-corrected chi connectivity index (χ0v) is 20.0. The van der Waals surface area contributed by atoms with Gasteiger partial charge in [0.2, 0.25) is 0 Å². The number of halogens is 2. The molecule has 0 aliphatic heterocycles. The predicted octanol–water partition coefficient (Wildman–Crippen LogP) is 4.01. The summed E-state index contributed by atoms with van der Waals surface area (Å²) in [4.78, 5) is 4.53. The molecule has 2 N–H and O–H groups in total. The lowest BCUT2D eigenvalue weighted by Crippen LogP contribution is -2.38. The largest absolute Gasteiger partial charge is 0.357 e. The molecule has 0 atom stereocenters. The molecule has 1 aliphatic rings. The van der Waals surface area contributed by atoms with E-state index in [9.17, 15) is 12.8 Å². The zero-order chi connectivity index (χ0) is 19.7. The fraction of sp³-hybridized carbons (Fsp3) is 0.650. The van der Waals surface area contributed by atoms with Crippen molar-refractivity contribution in [3.05, 3.63) is 35.1 Å². The molecule has 0 aromatic heterocycles. The first-order valence-corrected chi connectivity index (χ1v) is 11.9. The van der Waals surface area contributed by atoms with Gasteiger partial charge in [0.25, 0.3) is 0 Å². The summed E-state index contributed by atoms with van der Waals surface area (Å²) in [5, 5.41) is 6.55. The lowest BCUT2D eigenvalue weighted by molar-refractivity contribution is 0.339. The Kier molecular flexibility index (Phi) is 11.3. The van der Waals surface area contributed by atoms with Crippen LogP contribution in [0.2, 0.25) is 0 Å². The van der Waals surface area contributed by atoms with Gasteiger partial charge in [-0.3, -0.25) is 0 Å². The lowest BCUT2D eigenvalue weighted by Gasteiger charge is -2.22. The van der Waals surface area contributed by atoms with Gasteiger partial charge in [0.05, 0.1) is 12.3 Å². The van der Waals surface area contributed by atoms with Gasteiger partial charge in [-0.1, -0.05) is 38.2 Å². The van der Waals surface area contributed by atoms with Gasteiger partial charge < -0.3 is 10.6 Å². The molecular formula is C20H33FIN3O2S. The second kappa shape index (κ2) is 12.6. The number of benzene rings is 1. The Morgan fingerprint density at radius 3 is 2.54 bits per heavy atom. The number of guanidine groups is 1. The number of hydrogen-bond acceptors (Lipinski definition) is 3. The molecule has 0 spiro atoms. The summed E-state index contributed by atoms with van der Waals surface area (Å²) in [5.74, 6) is 0.985. The van der Waals surface area contributed by atoms with Crippen molar-refractivity contribution >= 4 is 39.8 Å². The van der Waals surface area contributed by atoms with Crippen LogP contribution in [-0.4, -0.2) is 33.7 Å². The molecule has 1 aromatic rings. The smallest absolute Gasteiger partial charge is 0.191 e. The molecule has 1 aromatic carbocycles. The average molecular weight is 525 g/mol. The quantitative estimate of drug-likeness (QED) is 0.306. The van der Waals surface area contributed by atoms with E-state index in [2.05, 4.69) is 15.6 Å². The molecule has 0 radical (unpaired) electrons. The number of hydrogen-bond donors (Lipinski definition) is 2. The van der Waals surface area contributed by atoms with Crippen molar-refractivity contribution in [1.29, 1.82) is 0 Å². The molecule has 0 bridgehead atoms. The van der Waals surface area contributed by atoms with Crippen LogP contribution >= 0.6 is 24.0 Å². The SMILES string of the molecule is CCNC(=NCc1cc(F)ccc1CS(C)(=O)=O)NCCC1CCCCC1.I. The van der Waals surface area contributed by atoms with E-state index in [1.807, 2.05) is 6.92 Å². The molecule has 1 aliphatic carbocycles. The molecule has 1 saturated carbocycles. The number of nitrogens with zero attached hydrogens (tertiary/aromatic N) is 1. The fourth-order valence-electron chi connectivity index (χ4n) is 3.54. The van der Waals surface area contributed by atoms with Crippen LogP contribution in [0, 0.1) is 11.7 Å². The van der Waals surface area contributed by atoms with Gasteiger partial charge in [-0.2, -0.15) is 0 Å². The standard InChI is InChI=1S/C20H32FN3O2S.HI/c1-3-22-20(23-12-11-16-7-5-4-6-8-16)24-14-18-13-19(21)10-9-17(18)15-27(2,25)26;/h9-10,13,16H,3-8,11-12,14-15H2,1-2H3,(H2,22,23,24);1H. The molecule has 5 nitrogen and oxygen atoms in total. The Bertz CT molecular complexity index is 735. The third-order valence-electron chi connectivity index (χ3n) is 4.91. The molecule has 0 saturated heterocycles. The summed E-state index contributed by atoms with van der Waals surface area (Å²) in [6, 6.07) is 4.20. The summed E-state index contributed by atoms with van der Waals surface area (Å²) < 4.78 is 36.9. The maximum atomic E-state index is 13.6. The lowest BCUT2D eigenvalue weighted by atomic mass is 9.87. The van der Waals surface area contributed by atoms with Crippen LogP contribution in [0.3, 0.4) is 0 Å². The molecule has 0 amide bonds. The van der Waals surface area contributed by atoms with Crippen molar-refractivity contribution in [3.63, 3.8) is 0 Å². The van der Waals surface area contributed by atoms with Crippen LogP contribution in [0.25, 0.3) is 0 Å². The van der Waals surface area contributed by atoms with E-state index < -0.39 is 9.84 Å². The molecule has 28 heavy (non-hydrogen) atoms. The van der Waals surface area contributed by atoms with Crippen molar-refractivity contribution in [1.82, 2.24) is 10.6 Å². The predicted molar refractivity (Wildman–Crippen MR) is 124 cm³/mol. The van der Waals surface area contributed by atoms with E-state index in [0.717, 1.165) is 25.4 Å². The molecule has 160 valence electrons. The first kappa shape index (κ1) is 25.1. The highest BCUT2D eigenvalue weighted by Gasteiger charge is 2.13. The van der Waals surface area contributed by atoms with Crippen molar-refractivity contribution in [2.24, 2.45) is 10.9 Å². The highest BCUT2D eigenvalue weighted by molar-refractivity contribution is 14.0. The van der Waals surface area contributed by atoms with E-state index in [-0.39, 0.29) is 42.1 Å². The third kappa shape index (κ3) is 9.54. The molecule has 8 heteroatoms. The monoisotopic (exact) mass is 525 g/mol. The van der Waals surface area contributed by atoms with Crippen LogP contribution in [0.1, 0.15) is 56.6 Å². The first-order valence-electron chi connectivity index (χ1n) is 9.84. The third-order valence-corrected chi connectivity index (χ3v) is 5.74. The van der Waals surface area contributed by atoms with Crippen molar-refractivity contribution in [2.75, 3.05) is 19.3 Å². The summed E-state index contributed by atoms with van der Waals surface area (Å²) in [6.45, 7) is 3.82. The van der Waals surface area contributed by atoms with Crippen LogP contribution in [-0.2, 0) is 22.1 Å². The van der Waals surface area contributed by atoms with Crippen molar-refractivity contribution < 1.29 is 12.8 Å². The van der Waals surface area contributed by atoms with Gasteiger partial charge in [-0.05, 0) is 42.5 Å². The average Bonchev–Trinajstić information content (AvgIpc) is 2.61. The second-order valence-electron chi connectivity index (χ2n) is 7.40. The minimum absolute atomic E-state index is 0. The van der Waals surface area contributed by atoms with Gasteiger partial charge in [-0.25, -0.2) is 17.8 Å². The Labute approximate surface area is 185 Å². The summed E-state index contributed by atoms with van der Waals surface area (Å²) in [7, 11) is -3.19. The van der Waals surface area contributed by atoms with E-state index in [0.29, 0.717) is 17.1 Å². The van der Waals surface area contributed by atoms with Gasteiger partial charge in [0, 0.05) is 19.3 Å². The maximum Gasteiger partial charge on any atom is 0.191 e. The fourth-order valence-corrected chi connectivity index (χ4v) is 4.39. The first-order chi connectivity index (χ1) is 12.9. The minimum Gasteiger partial charge on any atom is -0.357 e. The molecule has 0 unspecified atom stereocenters. The number of rotatable bonds is 8. The highest BCUT2D eigenvalue weighted by Crippen LogP contribution is 2.25. The Morgan fingerprint density at radius 2 is 1.89 bits per heavy atom. The molecular weight excluding hydrogens is 492 g/mol.